The number of hydrogen-bond acceptors (Lipinski definition) is 2. The van der Waals surface area contributed by atoms with Crippen LogP contribution in [0, 0.1) is 5.82 Å². The Bertz CT molecular complexity index is 569. The number of hydrogen-bond donors (Lipinski definition) is 2. The average Bonchev–Trinajstić information content (AvgIpc) is 2.46. The summed E-state index contributed by atoms with van der Waals surface area (Å²) >= 11 is 0. The van der Waals surface area contributed by atoms with Crippen LogP contribution in [-0.2, 0) is 4.79 Å². The van der Waals surface area contributed by atoms with Gasteiger partial charge in [-0.25, -0.2) is 4.39 Å². The highest BCUT2D eigenvalue weighted by atomic mass is 19.1. The third-order valence-electron chi connectivity index (χ3n) is 3.20. The number of nitrogens with one attached hydrogen (secondary N) is 1. The smallest absolute Gasteiger partial charge is 0.239 e. The van der Waals surface area contributed by atoms with Crippen LogP contribution >= 0.6 is 0 Å². The predicted octanol–water partition coefficient (Wildman–Crippen LogP) is 2.70. The molecular weight excluding hydrogens is 255 g/mol. The molecule has 0 aliphatic heterocycles. The molecule has 2 unspecified atom stereocenters. The summed E-state index contributed by atoms with van der Waals surface area (Å²) < 4.78 is 12.9. The third kappa shape index (κ3) is 3.42. The van der Waals surface area contributed by atoms with Crippen molar-refractivity contribution in [3.63, 3.8) is 0 Å². The largest absolute Gasteiger partial charge is 0.368 e. The van der Waals surface area contributed by atoms with E-state index in [1.807, 2.05) is 37.3 Å². The van der Waals surface area contributed by atoms with Crippen LogP contribution in [0.4, 0.5) is 4.39 Å². The molecule has 0 spiro atoms. The van der Waals surface area contributed by atoms with Crippen LogP contribution in [-0.4, -0.2) is 5.91 Å². The lowest BCUT2D eigenvalue weighted by atomic mass is 10.0. The van der Waals surface area contributed by atoms with E-state index >= 15 is 0 Å². The third-order valence-corrected chi connectivity index (χ3v) is 3.20. The standard InChI is InChI=1S/C16H17FN2O/c1-11(12-5-3-2-4-6-12)19-15(16(18)20)13-7-9-14(17)10-8-13/h2-11,15,19H,1H3,(H2,18,20). The molecule has 2 atom stereocenters. The molecule has 2 aromatic carbocycles. The van der Waals surface area contributed by atoms with Gasteiger partial charge < -0.3 is 5.73 Å². The minimum atomic E-state index is -0.647. The molecule has 3 nitrogen and oxygen atoms in total. The Hall–Kier alpha value is -2.20. The fourth-order valence-corrected chi connectivity index (χ4v) is 2.09. The molecule has 20 heavy (non-hydrogen) atoms. The number of primary amides is 1. The lowest BCUT2D eigenvalue weighted by Gasteiger charge is -2.21. The van der Waals surface area contributed by atoms with Gasteiger partial charge in [0.05, 0.1) is 0 Å². The highest BCUT2D eigenvalue weighted by Gasteiger charge is 2.20. The van der Waals surface area contributed by atoms with Crippen molar-refractivity contribution in [1.29, 1.82) is 0 Å². The van der Waals surface area contributed by atoms with Gasteiger partial charge in [-0.05, 0) is 30.2 Å². The molecule has 104 valence electrons. The van der Waals surface area contributed by atoms with E-state index in [4.69, 9.17) is 5.73 Å². The van der Waals surface area contributed by atoms with E-state index < -0.39 is 11.9 Å². The minimum Gasteiger partial charge on any atom is -0.368 e. The average molecular weight is 272 g/mol. The van der Waals surface area contributed by atoms with Crippen LogP contribution in [0.5, 0.6) is 0 Å². The minimum absolute atomic E-state index is 0.0428. The molecule has 0 aliphatic rings. The summed E-state index contributed by atoms with van der Waals surface area (Å²) in [7, 11) is 0. The maximum absolute atomic E-state index is 12.9. The lowest BCUT2D eigenvalue weighted by molar-refractivity contribution is -0.120. The van der Waals surface area contributed by atoms with Crippen molar-refractivity contribution in [1.82, 2.24) is 5.32 Å². The Kier molecular flexibility index (Phi) is 4.48. The van der Waals surface area contributed by atoms with Gasteiger partial charge in [0.25, 0.3) is 0 Å². The first-order valence-corrected chi connectivity index (χ1v) is 6.43. The number of benzene rings is 2. The van der Waals surface area contributed by atoms with E-state index in [0.717, 1.165) is 5.56 Å². The molecule has 0 bridgehead atoms. The first kappa shape index (κ1) is 14.2. The Morgan fingerprint density at radius 3 is 2.20 bits per heavy atom. The lowest BCUT2D eigenvalue weighted by Crippen LogP contribution is -2.35. The van der Waals surface area contributed by atoms with E-state index in [2.05, 4.69) is 5.32 Å². The number of nitrogens with two attached hydrogens (primary N) is 1. The quantitative estimate of drug-likeness (QED) is 0.879. The van der Waals surface area contributed by atoms with E-state index in [0.29, 0.717) is 5.56 Å². The molecular formula is C16H17FN2O. The predicted molar refractivity (Wildman–Crippen MR) is 76.3 cm³/mol. The molecule has 1 amide bonds. The SMILES string of the molecule is CC(NC(C(N)=O)c1ccc(F)cc1)c1ccccc1. The van der Waals surface area contributed by atoms with E-state index in [9.17, 15) is 9.18 Å². The Morgan fingerprint density at radius 1 is 1.05 bits per heavy atom. The zero-order valence-corrected chi connectivity index (χ0v) is 11.2. The Morgan fingerprint density at radius 2 is 1.65 bits per heavy atom. The van der Waals surface area contributed by atoms with E-state index in [1.165, 1.54) is 12.1 Å². The molecule has 3 N–H and O–H groups in total. The second kappa shape index (κ2) is 6.30. The van der Waals surface area contributed by atoms with Gasteiger partial charge in [0.1, 0.15) is 11.9 Å². The van der Waals surface area contributed by atoms with Gasteiger partial charge in [0.2, 0.25) is 5.91 Å². The molecule has 0 saturated heterocycles. The van der Waals surface area contributed by atoms with Crippen LogP contribution in [0.3, 0.4) is 0 Å². The topological polar surface area (TPSA) is 55.1 Å². The van der Waals surface area contributed by atoms with Crippen molar-refractivity contribution < 1.29 is 9.18 Å². The first-order valence-electron chi connectivity index (χ1n) is 6.43. The van der Waals surface area contributed by atoms with Crippen LogP contribution in [0.15, 0.2) is 54.6 Å². The highest BCUT2D eigenvalue weighted by Crippen LogP contribution is 2.19. The van der Waals surface area contributed by atoms with Crippen molar-refractivity contribution in [2.45, 2.75) is 19.0 Å². The number of halogens is 1. The maximum atomic E-state index is 12.9. The van der Waals surface area contributed by atoms with Gasteiger partial charge in [-0.15, -0.1) is 0 Å². The maximum Gasteiger partial charge on any atom is 0.239 e. The number of carbonyl (C=O) groups is 1. The summed E-state index contributed by atoms with van der Waals surface area (Å²) in [6, 6.07) is 14.8. The van der Waals surface area contributed by atoms with Crippen molar-refractivity contribution in [2.75, 3.05) is 0 Å². The summed E-state index contributed by atoms with van der Waals surface area (Å²) in [5.41, 5.74) is 7.15. The zero-order valence-electron chi connectivity index (χ0n) is 11.2. The summed E-state index contributed by atoms with van der Waals surface area (Å²) in [6.45, 7) is 1.95. The van der Waals surface area contributed by atoms with Crippen LogP contribution in [0.25, 0.3) is 0 Å². The molecule has 0 fully saturated rings. The van der Waals surface area contributed by atoms with Crippen molar-refractivity contribution in [3.8, 4) is 0 Å². The molecule has 2 rings (SSSR count). The van der Waals surface area contributed by atoms with Gasteiger partial charge in [0, 0.05) is 6.04 Å². The zero-order chi connectivity index (χ0) is 14.5. The second-order valence-corrected chi connectivity index (χ2v) is 4.69. The monoisotopic (exact) mass is 272 g/mol. The molecule has 0 radical (unpaired) electrons. The van der Waals surface area contributed by atoms with Gasteiger partial charge >= 0.3 is 0 Å². The van der Waals surface area contributed by atoms with Crippen molar-refractivity contribution >= 4 is 5.91 Å². The first-order chi connectivity index (χ1) is 9.58. The van der Waals surface area contributed by atoms with E-state index in [1.54, 1.807) is 12.1 Å². The molecule has 0 saturated carbocycles. The van der Waals surface area contributed by atoms with Crippen molar-refractivity contribution in [2.24, 2.45) is 5.73 Å². The van der Waals surface area contributed by atoms with Crippen LogP contribution < -0.4 is 11.1 Å². The number of rotatable bonds is 5. The fraction of sp³-hybridized carbons (Fsp3) is 0.188. The number of amides is 1. The summed E-state index contributed by atoms with van der Waals surface area (Å²) in [6.07, 6.45) is 0. The van der Waals surface area contributed by atoms with Crippen LogP contribution in [0.1, 0.15) is 30.1 Å². The van der Waals surface area contributed by atoms with Crippen LogP contribution in [0.2, 0.25) is 0 Å². The summed E-state index contributed by atoms with van der Waals surface area (Å²) in [4.78, 5) is 11.6. The summed E-state index contributed by atoms with van der Waals surface area (Å²) in [5.74, 6) is -0.826. The van der Waals surface area contributed by atoms with Gasteiger partial charge in [-0.3, -0.25) is 10.1 Å². The van der Waals surface area contributed by atoms with Crippen molar-refractivity contribution in [3.05, 3.63) is 71.5 Å². The number of carbonyl (C=O) groups excluding carboxylic acids is 1. The molecule has 4 heteroatoms. The molecule has 0 aliphatic carbocycles. The Labute approximate surface area is 117 Å². The summed E-state index contributed by atoms with van der Waals surface area (Å²) in [5, 5.41) is 3.17. The van der Waals surface area contributed by atoms with Gasteiger partial charge in [-0.2, -0.15) is 0 Å². The fourth-order valence-electron chi connectivity index (χ4n) is 2.09. The molecule has 0 heterocycles. The highest BCUT2D eigenvalue weighted by molar-refractivity contribution is 5.81. The van der Waals surface area contributed by atoms with Gasteiger partial charge in [0.15, 0.2) is 0 Å². The van der Waals surface area contributed by atoms with E-state index in [-0.39, 0.29) is 11.9 Å². The molecule has 2 aromatic rings. The van der Waals surface area contributed by atoms with Gasteiger partial charge in [-0.1, -0.05) is 42.5 Å². The normalized spacial score (nSPS) is 13.7. The Balaban J connectivity index is 2.18. The second-order valence-electron chi connectivity index (χ2n) is 4.69. The molecule has 0 aromatic heterocycles.